The maximum atomic E-state index is 9.22. The third-order valence-electron chi connectivity index (χ3n) is 7.17. The SMILES string of the molecule is C.COc1ccc(-c2ccc(-c3nc(-c4ccc(C#N)cc4)[nH]c3-c3ccc(-c4ccc(OC)cc4)cc3)cc2)cc1. The van der Waals surface area contributed by atoms with E-state index in [1.165, 1.54) is 0 Å². The van der Waals surface area contributed by atoms with Crippen molar-refractivity contribution in [3.05, 3.63) is 127 Å². The van der Waals surface area contributed by atoms with Crippen LogP contribution in [-0.2, 0) is 0 Å². The molecule has 0 fully saturated rings. The molecule has 0 aliphatic heterocycles. The first-order valence-corrected chi connectivity index (χ1v) is 13.3. The number of benzene rings is 5. The second kappa shape index (κ2) is 12.3. The number of H-pyrrole nitrogens is 1. The summed E-state index contributed by atoms with van der Waals surface area (Å²) in [5, 5.41) is 9.22. The van der Waals surface area contributed by atoms with E-state index in [0.717, 1.165) is 67.7 Å². The molecule has 0 radical (unpaired) electrons. The van der Waals surface area contributed by atoms with Crippen LogP contribution in [0.2, 0.25) is 0 Å². The Morgan fingerprint density at radius 2 is 0.905 bits per heavy atom. The Balaban J connectivity index is 0.00000353. The molecule has 0 saturated heterocycles. The van der Waals surface area contributed by atoms with E-state index in [-0.39, 0.29) is 7.43 Å². The van der Waals surface area contributed by atoms with E-state index in [4.69, 9.17) is 14.5 Å². The van der Waals surface area contributed by atoms with E-state index in [1.807, 2.05) is 48.5 Å². The van der Waals surface area contributed by atoms with Crippen molar-refractivity contribution in [1.29, 1.82) is 5.26 Å². The number of hydrogen-bond acceptors (Lipinski definition) is 4. The molecule has 5 nitrogen and oxygen atoms in total. The Hall–Kier alpha value is -5.60. The third-order valence-corrected chi connectivity index (χ3v) is 7.17. The van der Waals surface area contributed by atoms with Crippen LogP contribution in [0.15, 0.2) is 121 Å². The number of ether oxygens (including phenoxy) is 2. The summed E-state index contributed by atoms with van der Waals surface area (Å²) in [6, 6.07) is 42.7. The molecule has 0 bridgehead atoms. The molecule has 1 heterocycles. The van der Waals surface area contributed by atoms with Crippen LogP contribution in [0.25, 0.3) is 56.2 Å². The zero-order valence-corrected chi connectivity index (χ0v) is 22.8. The molecule has 0 aliphatic rings. The van der Waals surface area contributed by atoms with Gasteiger partial charge in [0.1, 0.15) is 17.3 Å². The molecule has 0 aliphatic carbocycles. The number of nitrogens with one attached hydrogen (secondary N) is 1. The van der Waals surface area contributed by atoms with Gasteiger partial charge in [0.2, 0.25) is 0 Å². The molecule has 0 atom stereocenters. The molecule has 6 aromatic rings. The van der Waals surface area contributed by atoms with Crippen LogP contribution >= 0.6 is 0 Å². The zero-order valence-electron chi connectivity index (χ0n) is 22.8. The lowest BCUT2D eigenvalue weighted by molar-refractivity contribution is 0.415. The van der Waals surface area contributed by atoms with Crippen molar-refractivity contribution >= 4 is 0 Å². The average molecular weight is 550 g/mol. The number of aromatic nitrogens is 2. The monoisotopic (exact) mass is 549 g/mol. The van der Waals surface area contributed by atoms with Crippen molar-refractivity contribution in [3.8, 4) is 73.7 Å². The molecular formula is C37H31N3O2. The highest BCUT2D eigenvalue weighted by Gasteiger charge is 2.16. The molecule has 0 saturated carbocycles. The molecular weight excluding hydrogens is 518 g/mol. The summed E-state index contributed by atoms with van der Waals surface area (Å²) in [5.41, 5.74) is 9.84. The lowest BCUT2D eigenvalue weighted by Crippen LogP contribution is -1.86. The van der Waals surface area contributed by atoms with Crippen molar-refractivity contribution in [3.63, 3.8) is 0 Å². The Labute approximate surface area is 246 Å². The number of rotatable bonds is 7. The second-order valence-electron chi connectivity index (χ2n) is 9.61. The first-order valence-electron chi connectivity index (χ1n) is 13.3. The Kier molecular flexibility index (Phi) is 8.17. The van der Waals surface area contributed by atoms with Crippen LogP contribution in [0.5, 0.6) is 11.5 Å². The fraction of sp³-hybridized carbons (Fsp3) is 0.0811. The van der Waals surface area contributed by atoms with E-state index in [1.54, 1.807) is 14.2 Å². The van der Waals surface area contributed by atoms with Crippen molar-refractivity contribution in [2.45, 2.75) is 7.43 Å². The van der Waals surface area contributed by atoms with Gasteiger partial charge in [-0.05, 0) is 70.8 Å². The highest BCUT2D eigenvalue weighted by Crippen LogP contribution is 2.35. The quantitative estimate of drug-likeness (QED) is 0.215. The van der Waals surface area contributed by atoms with Gasteiger partial charge in [-0.3, -0.25) is 0 Å². The number of imidazole rings is 1. The Morgan fingerprint density at radius 1 is 0.524 bits per heavy atom. The van der Waals surface area contributed by atoms with Crippen LogP contribution in [0, 0.1) is 11.3 Å². The topological polar surface area (TPSA) is 70.9 Å². The van der Waals surface area contributed by atoms with Gasteiger partial charge in [0.25, 0.3) is 0 Å². The Bertz CT molecular complexity index is 1700. The summed E-state index contributed by atoms with van der Waals surface area (Å²) < 4.78 is 10.6. The predicted molar refractivity (Wildman–Crippen MR) is 170 cm³/mol. The average Bonchev–Trinajstić information content (AvgIpc) is 3.51. The number of hydrogen-bond donors (Lipinski definition) is 1. The van der Waals surface area contributed by atoms with Gasteiger partial charge in [-0.2, -0.15) is 5.26 Å². The van der Waals surface area contributed by atoms with Gasteiger partial charge in [-0.15, -0.1) is 0 Å². The van der Waals surface area contributed by atoms with Crippen LogP contribution in [0.3, 0.4) is 0 Å². The maximum absolute atomic E-state index is 9.22. The highest BCUT2D eigenvalue weighted by atomic mass is 16.5. The molecule has 42 heavy (non-hydrogen) atoms. The van der Waals surface area contributed by atoms with Gasteiger partial charge in [-0.1, -0.05) is 80.2 Å². The Morgan fingerprint density at radius 3 is 1.33 bits per heavy atom. The van der Waals surface area contributed by atoms with E-state index in [9.17, 15) is 5.26 Å². The first-order chi connectivity index (χ1) is 20.1. The summed E-state index contributed by atoms with van der Waals surface area (Å²) in [5.74, 6) is 2.42. The number of aromatic amines is 1. The highest BCUT2D eigenvalue weighted by molar-refractivity contribution is 5.83. The van der Waals surface area contributed by atoms with E-state index >= 15 is 0 Å². The van der Waals surface area contributed by atoms with E-state index in [0.29, 0.717) is 5.56 Å². The fourth-order valence-electron chi connectivity index (χ4n) is 4.85. The van der Waals surface area contributed by atoms with Crippen molar-refractivity contribution in [1.82, 2.24) is 9.97 Å². The summed E-state index contributed by atoms with van der Waals surface area (Å²) in [7, 11) is 3.34. The standard InChI is InChI=1S/C36H27N3O2.CH4/c1-40-32-19-15-27(16-20-32)25-7-11-29(12-8-25)34-35(39-36(38-34)31-5-3-24(23-37)4-6-31)30-13-9-26(10-14-30)28-17-21-33(41-2)22-18-28;/h3-22H,1-2H3,(H,38,39);1H4. The molecule has 0 amide bonds. The van der Waals surface area contributed by atoms with Crippen LogP contribution in [0.1, 0.15) is 13.0 Å². The van der Waals surface area contributed by atoms with Crippen molar-refractivity contribution in [2.75, 3.05) is 14.2 Å². The molecule has 6 rings (SSSR count). The summed E-state index contributed by atoms with van der Waals surface area (Å²) >= 11 is 0. The van der Waals surface area contributed by atoms with Gasteiger partial charge in [0, 0.05) is 16.7 Å². The molecule has 1 N–H and O–H groups in total. The molecule has 5 aromatic carbocycles. The summed E-state index contributed by atoms with van der Waals surface area (Å²) in [6.07, 6.45) is 0. The third kappa shape index (κ3) is 5.65. The lowest BCUT2D eigenvalue weighted by atomic mass is 9.99. The van der Waals surface area contributed by atoms with Gasteiger partial charge in [0.05, 0.1) is 37.2 Å². The minimum absolute atomic E-state index is 0. The molecule has 1 aromatic heterocycles. The van der Waals surface area contributed by atoms with Gasteiger partial charge < -0.3 is 14.5 Å². The summed E-state index contributed by atoms with van der Waals surface area (Å²) in [6.45, 7) is 0. The van der Waals surface area contributed by atoms with Crippen LogP contribution in [0.4, 0.5) is 0 Å². The molecule has 0 unspecified atom stereocenters. The predicted octanol–water partition coefficient (Wildman–Crippen LogP) is 9.27. The van der Waals surface area contributed by atoms with E-state index in [2.05, 4.69) is 83.8 Å². The fourth-order valence-corrected chi connectivity index (χ4v) is 4.85. The smallest absolute Gasteiger partial charge is 0.138 e. The van der Waals surface area contributed by atoms with Crippen molar-refractivity contribution < 1.29 is 9.47 Å². The number of nitrogens with zero attached hydrogens (tertiary/aromatic N) is 2. The minimum Gasteiger partial charge on any atom is -0.497 e. The normalized spacial score (nSPS) is 10.4. The lowest BCUT2D eigenvalue weighted by Gasteiger charge is -2.08. The minimum atomic E-state index is 0. The van der Waals surface area contributed by atoms with Gasteiger partial charge >= 0.3 is 0 Å². The molecule has 5 heteroatoms. The van der Waals surface area contributed by atoms with Crippen LogP contribution in [-0.4, -0.2) is 24.2 Å². The first kappa shape index (κ1) is 27.9. The molecule has 0 spiro atoms. The number of nitriles is 1. The van der Waals surface area contributed by atoms with Crippen molar-refractivity contribution in [2.24, 2.45) is 0 Å². The summed E-state index contributed by atoms with van der Waals surface area (Å²) in [4.78, 5) is 8.60. The second-order valence-corrected chi connectivity index (χ2v) is 9.61. The zero-order chi connectivity index (χ0) is 28.2. The molecule has 206 valence electrons. The number of methoxy groups -OCH3 is 2. The van der Waals surface area contributed by atoms with Crippen LogP contribution < -0.4 is 9.47 Å². The largest absolute Gasteiger partial charge is 0.497 e. The van der Waals surface area contributed by atoms with Gasteiger partial charge in [-0.25, -0.2) is 4.98 Å². The van der Waals surface area contributed by atoms with Gasteiger partial charge in [0.15, 0.2) is 0 Å². The maximum Gasteiger partial charge on any atom is 0.138 e. The van der Waals surface area contributed by atoms with E-state index < -0.39 is 0 Å².